The van der Waals surface area contributed by atoms with Crippen molar-refractivity contribution in [3.05, 3.63) is 108 Å². The van der Waals surface area contributed by atoms with E-state index in [-0.39, 0.29) is 0 Å². The molecule has 0 aliphatic carbocycles. The molecular weight excluding hydrogens is 370 g/mol. The van der Waals surface area contributed by atoms with Gasteiger partial charge in [0, 0.05) is 24.5 Å². The number of rotatable bonds is 8. The van der Waals surface area contributed by atoms with Crippen LogP contribution in [0.3, 0.4) is 0 Å². The normalized spacial score (nSPS) is 12.2. The van der Waals surface area contributed by atoms with Crippen molar-refractivity contribution in [3.8, 4) is 0 Å². The standard InChI is InChI=1S/C23H24BrN/c24-17-23(16-20-10-4-1-5-11-20)25(18-21-12-6-2-7-13-21)19-22-14-8-3-9-15-22/h1-15,23H,16-19H2. The Bertz CT molecular complexity index is 686. The number of alkyl halides is 1. The van der Waals surface area contributed by atoms with Gasteiger partial charge in [0.1, 0.15) is 0 Å². The maximum absolute atomic E-state index is 3.76. The summed E-state index contributed by atoms with van der Waals surface area (Å²) in [5, 5.41) is 0.960. The highest BCUT2D eigenvalue weighted by atomic mass is 79.9. The van der Waals surface area contributed by atoms with Gasteiger partial charge in [0.15, 0.2) is 0 Å². The average Bonchev–Trinajstić information content (AvgIpc) is 2.68. The molecule has 0 aromatic heterocycles. The van der Waals surface area contributed by atoms with Gasteiger partial charge in [0.25, 0.3) is 0 Å². The molecule has 0 saturated carbocycles. The van der Waals surface area contributed by atoms with Crippen molar-refractivity contribution in [2.75, 3.05) is 5.33 Å². The summed E-state index contributed by atoms with van der Waals surface area (Å²) < 4.78 is 0. The minimum absolute atomic E-state index is 0.447. The average molecular weight is 394 g/mol. The van der Waals surface area contributed by atoms with E-state index < -0.39 is 0 Å². The van der Waals surface area contributed by atoms with E-state index in [0.717, 1.165) is 24.8 Å². The number of nitrogens with zero attached hydrogens (tertiary/aromatic N) is 1. The van der Waals surface area contributed by atoms with E-state index >= 15 is 0 Å². The van der Waals surface area contributed by atoms with Gasteiger partial charge in [-0.3, -0.25) is 4.90 Å². The Balaban J connectivity index is 1.80. The first-order valence-electron chi connectivity index (χ1n) is 8.77. The summed E-state index contributed by atoms with van der Waals surface area (Å²) in [6.07, 6.45) is 1.05. The molecule has 0 fully saturated rings. The van der Waals surface area contributed by atoms with Crippen molar-refractivity contribution >= 4 is 15.9 Å². The maximum Gasteiger partial charge on any atom is 0.0240 e. The highest BCUT2D eigenvalue weighted by molar-refractivity contribution is 9.09. The highest BCUT2D eigenvalue weighted by Gasteiger charge is 2.18. The Labute approximate surface area is 159 Å². The van der Waals surface area contributed by atoms with Crippen LogP contribution in [-0.4, -0.2) is 16.3 Å². The number of hydrogen-bond donors (Lipinski definition) is 0. The van der Waals surface area contributed by atoms with Crippen LogP contribution >= 0.6 is 15.9 Å². The predicted octanol–water partition coefficient (Wildman–Crippen LogP) is 5.70. The van der Waals surface area contributed by atoms with Crippen LogP contribution < -0.4 is 0 Å². The number of halogens is 1. The lowest BCUT2D eigenvalue weighted by molar-refractivity contribution is 0.193. The quantitative estimate of drug-likeness (QED) is 0.444. The third-order valence-corrected chi connectivity index (χ3v) is 5.21. The van der Waals surface area contributed by atoms with Crippen LogP contribution in [0.5, 0.6) is 0 Å². The van der Waals surface area contributed by atoms with Crippen molar-refractivity contribution in [3.63, 3.8) is 0 Å². The fourth-order valence-electron chi connectivity index (χ4n) is 3.12. The molecule has 3 aromatic carbocycles. The molecular formula is C23H24BrN. The van der Waals surface area contributed by atoms with Gasteiger partial charge < -0.3 is 0 Å². The van der Waals surface area contributed by atoms with Crippen LogP contribution in [0.15, 0.2) is 91.0 Å². The van der Waals surface area contributed by atoms with Gasteiger partial charge in [0.05, 0.1) is 0 Å². The summed E-state index contributed by atoms with van der Waals surface area (Å²) in [6, 6.07) is 32.7. The second-order valence-electron chi connectivity index (χ2n) is 6.37. The Morgan fingerprint density at radius 2 is 1.00 bits per heavy atom. The molecule has 0 amide bonds. The molecule has 1 unspecified atom stereocenters. The van der Waals surface area contributed by atoms with E-state index in [9.17, 15) is 0 Å². The van der Waals surface area contributed by atoms with Crippen molar-refractivity contribution in [2.24, 2.45) is 0 Å². The summed E-state index contributed by atoms with van der Waals surface area (Å²) in [4.78, 5) is 2.58. The third-order valence-electron chi connectivity index (χ3n) is 4.47. The van der Waals surface area contributed by atoms with Crippen LogP contribution in [0.2, 0.25) is 0 Å². The van der Waals surface area contributed by atoms with E-state index in [1.54, 1.807) is 0 Å². The topological polar surface area (TPSA) is 3.24 Å². The van der Waals surface area contributed by atoms with Crippen molar-refractivity contribution < 1.29 is 0 Å². The van der Waals surface area contributed by atoms with Gasteiger partial charge in [-0.1, -0.05) is 107 Å². The van der Waals surface area contributed by atoms with E-state index in [1.807, 2.05) is 0 Å². The predicted molar refractivity (Wildman–Crippen MR) is 110 cm³/mol. The van der Waals surface area contributed by atoms with Crippen LogP contribution in [0.25, 0.3) is 0 Å². The first kappa shape index (κ1) is 17.9. The second-order valence-corrected chi connectivity index (χ2v) is 7.02. The zero-order chi connectivity index (χ0) is 17.3. The zero-order valence-corrected chi connectivity index (χ0v) is 16.0. The van der Waals surface area contributed by atoms with Gasteiger partial charge in [-0.15, -0.1) is 0 Å². The SMILES string of the molecule is BrCC(Cc1ccccc1)N(Cc1ccccc1)Cc1ccccc1. The summed E-state index contributed by atoms with van der Waals surface area (Å²) in [6.45, 7) is 1.91. The molecule has 1 atom stereocenters. The number of benzene rings is 3. The molecule has 128 valence electrons. The first-order valence-corrected chi connectivity index (χ1v) is 9.89. The zero-order valence-electron chi connectivity index (χ0n) is 14.4. The minimum atomic E-state index is 0.447. The molecule has 2 heteroatoms. The lowest BCUT2D eigenvalue weighted by atomic mass is 10.0. The molecule has 0 radical (unpaired) electrons. The molecule has 0 heterocycles. The summed E-state index contributed by atoms with van der Waals surface area (Å²) in [5.41, 5.74) is 4.10. The van der Waals surface area contributed by atoms with Crippen LogP contribution in [0.4, 0.5) is 0 Å². The Kier molecular flexibility index (Phi) is 6.84. The highest BCUT2D eigenvalue weighted by Crippen LogP contribution is 2.18. The van der Waals surface area contributed by atoms with Crippen molar-refractivity contribution in [1.29, 1.82) is 0 Å². The lowest BCUT2D eigenvalue weighted by Gasteiger charge is -2.31. The van der Waals surface area contributed by atoms with Gasteiger partial charge in [-0.05, 0) is 23.1 Å². The Hall–Kier alpha value is -1.90. The van der Waals surface area contributed by atoms with Gasteiger partial charge >= 0.3 is 0 Å². The van der Waals surface area contributed by atoms with Gasteiger partial charge in [0.2, 0.25) is 0 Å². The molecule has 0 saturated heterocycles. The van der Waals surface area contributed by atoms with E-state index in [1.165, 1.54) is 16.7 Å². The fraction of sp³-hybridized carbons (Fsp3) is 0.217. The summed E-state index contributed by atoms with van der Waals surface area (Å²) in [7, 11) is 0. The van der Waals surface area contributed by atoms with Gasteiger partial charge in [-0.2, -0.15) is 0 Å². The largest absolute Gasteiger partial charge is 0.291 e. The second kappa shape index (κ2) is 9.55. The monoisotopic (exact) mass is 393 g/mol. The number of hydrogen-bond acceptors (Lipinski definition) is 1. The Morgan fingerprint density at radius 3 is 1.40 bits per heavy atom. The molecule has 0 aliphatic heterocycles. The maximum atomic E-state index is 3.76. The van der Waals surface area contributed by atoms with E-state index in [4.69, 9.17) is 0 Å². The van der Waals surface area contributed by atoms with Crippen LogP contribution in [0.1, 0.15) is 16.7 Å². The molecule has 0 aliphatic rings. The molecule has 1 nitrogen and oxygen atoms in total. The molecule has 25 heavy (non-hydrogen) atoms. The first-order chi connectivity index (χ1) is 12.3. The fourth-order valence-corrected chi connectivity index (χ4v) is 3.76. The van der Waals surface area contributed by atoms with Crippen molar-refractivity contribution in [1.82, 2.24) is 4.90 Å². The molecule has 3 aromatic rings. The van der Waals surface area contributed by atoms with Gasteiger partial charge in [-0.25, -0.2) is 0 Å². The summed E-state index contributed by atoms with van der Waals surface area (Å²) >= 11 is 3.76. The smallest absolute Gasteiger partial charge is 0.0240 e. The van der Waals surface area contributed by atoms with E-state index in [2.05, 4.69) is 112 Å². The van der Waals surface area contributed by atoms with Crippen molar-refractivity contribution in [2.45, 2.75) is 25.6 Å². The third kappa shape index (κ3) is 5.55. The molecule has 0 N–H and O–H groups in total. The summed E-state index contributed by atoms with van der Waals surface area (Å²) in [5.74, 6) is 0. The van der Waals surface area contributed by atoms with Crippen LogP contribution in [-0.2, 0) is 19.5 Å². The molecule has 3 rings (SSSR count). The van der Waals surface area contributed by atoms with E-state index in [0.29, 0.717) is 6.04 Å². The Morgan fingerprint density at radius 1 is 0.600 bits per heavy atom. The molecule has 0 bridgehead atoms. The minimum Gasteiger partial charge on any atom is -0.291 e. The molecule has 0 spiro atoms. The lowest BCUT2D eigenvalue weighted by Crippen LogP contribution is -2.37. The van der Waals surface area contributed by atoms with Crippen LogP contribution in [0, 0.1) is 0 Å².